The van der Waals surface area contributed by atoms with Crippen molar-refractivity contribution in [1.82, 2.24) is 34.2 Å². The Kier molecular flexibility index (Phi) is 3.40. The minimum atomic E-state index is 0.669. The minimum Gasteiger partial charge on any atom is -0.332 e. The molecule has 22 heavy (non-hydrogen) atoms. The molecule has 0 fully saturated rings. The molecule has 0 saturated carbocycles. The molecule has 0 aromatic carbocycles. The van der Waals surface area contributed by atoms with E-state index in [-0.39, 0.29) is 0 Å². The lowest BCUT2D eigenvalue weighted by molar-refractivity contribution is 0.208. The molecular formula is C15H17N7. The van der Waals surface area contributed by atoms with Crippen LogP contribution in [0.2, 0.25) is 0 Å². The summed E-state index contributed by atoms with van der Waals surface area (Å²) in [5, 5.41) is 4.13. The molecule has 0 radical (unpaired) electrons. The second-order valence-corrected chi connectivity index (χ2v) is 5.51. The highest BCUT2D eigenvalue weighted by Gasteiger charge is 2.18. The van der Waals surface area contributed by atoms with Crippen LogP contribution in [0.5, 0.6) is 0 Å². The van der Waals surface area contributed by atoms with Crippen molar-refractivity contribution in [3.05, 3.63) is 60.5 Å². The van der Waals surface area contributed by atoms with Gasteiger partial charge in [0.25, 0.3) is 0 Å². The zero-order valence-corrected chi connectivity index (χ0v) is 12.2. The maximum absolute atomic E-state index is 4.73. The predicted molar refractivity (Wildman–Crippen MR) is 79.7 cm³/mol. The first-order valence-electron chi connectivity index (χ1n) is 7.35. The topological polar surface area (TPSA) is 64.7 Å². The number of imidazole rings is 1. The molecule has 0 spiro atoms. The summed E-state index contributed by atoms with van der Waals surface area (Å²) in [6.45, 7) is 4.45. The Morgan fingerprint density at radius 3 is 2.95 bits per heavy atom. The standard InChI is InChI=1S/C15H17N7/c1-2-13(6-16-3-1)7-20-4-5-21-8-14(19-15(21)10-20)9-22-12-17-11-18-22/h1-3,6,8,11-12H,4-5,7,9-10H2. The van der Waals surface area contributed by atoms with E-state index >= 15 is 0 Å². The largest absolute Gasteiger partial charge is 0.332 e. The van der Waals surface area contributed by atoms with Crippen molar-refractivity contribution >= 4 is 0 Å². The molecule has 0 amide bonds. The van der Waals surface area contributed by atoms with Gasteiger partial charge in [0.2, 0.25) is 0 Å². The van der Waals surface area contributed by atoms with Crippen LogP contribution in [-0.2, 0) is 26.2 Å². The van der Waals surface area contributed by atoms with E-state index in [0.29, 0.717) is 6.54 Å². The first kappa shape index (κ1) is 13.1. The number of aromatic nitrogens is 6. The Bertz CT molecular complexity index is 733. The Balaban J connectivity index is 1.45. The monoisotopic (exact) mass is 295 g/mol. The highest BCUT2D eigenvalue weighted by Crippen LogP contribution is 2.15. The number of fused-ring (bicyclic) bond motifs is 1. The first-order valence-corrected chi connectivity index (χ1v) is 7.35. The van der Waals surface area contributed by atoms with Crippen molar-refractivity contribution in [3.8, 4) is 0 Å². The molecule has 0 aliphatic carbocycles. The molecule has 7 nitrogen and oxygen atoms in total. The van der Waals surface area contributed by atoms with E-state index in [1.54, 1.807) is 17.3 Å². The Morgan fingerprint density at radius 2 is 2.14 bits per heavy atom. The Morgan fingerprint density at radius 1 is 1.14 bits per heavy atom. The van der Waals surface area contributed by atoms with Gasteiger partial charge in [-0.3, -0.25) is 9.88 Å². The van der Waals surface area contributed by atoms with E-state index in [0.717, 1.165) is 37.7 Å². The van der Waals surface area contributed by atoms with E-state index in [2.05, 4.69) is 36.8 Å². The fourth-order valence-electron chi connectivity index (χ4n) is 2.80. The quantitative estimate of drug-likeness (QED) is 0.716. The van der Waals surface area contributed by atoms with Crippen molar-refractivity contribution in [2.45, 2.75) is 26.2 Å². The van der Waals surface area contributed by atoms with Crippen LogP contribution >= 0.6 is 0 Å². The fourth-order valence-corrected chi connectivity index (χ4v) is 2.80. The lowest BCUT2D eigenvalue weighted by Gasteiger charge is -2.27. The van der Waals surface area contributed by atoms with Crippen LogP contribution in [0.1, 0.15) is 17.1 Å². The zero-order chi connectivity index (χ0) is 14.8. The zero-order valence-electron chi connectivity index (χ0n) is 12.2. The van der Waals surface area contributed by atoms with Crippen LogP contribution in [0.4, 0.5) is 0 Å². The van der Waals surface area contributed by atoms with Crippen molar-refractivity contribution in [2.24, 2.45) is 0 Å². The van der Waals surface area contributed by atoms with Crippen molar-refractivity contribution in [2.75, 3.05) is 6.54 Å². The number of hydrogen-bond acceptors (Lipinski definition) is 5. The highest BCUT2D eigenvalue weighted by atomic mass is 15.3. The van der Waals surface area contributed by atoms with Crippen LogP contribution in [0, 0.1) is 0 Å². The number of hydrogen-bond donors (Lipinski definition) is 0. The van der Waals surface area contributed by atoms with Crippen molar-refractivity contribution < 1.29 is 0 Å². The number of rotatable bonds is 4. The summed E-state index contributed by atoms with van der Waals surface area (Å²) in [6, 6.07) is 4.10. The third-order valence-corrected chi connectivity index (χ3v) is 3.85. The molecule has 4 heterocycles. The van der Waals surface area contributed by atoms with Gasteiger partial charge in [0.05, 0.1) is 18.8 Å². The third kappa shape index (κ3) is 2.75. The summed E-state index contributed by atoms with van der Waals surface area (Å²) in [4.78, 5) is 15.3. The maximum atomic E-state index is 4.73. The van der Waals surface area contributed by atoms with Gasteiger partial charge < -0.3 is 4.57 Å². The van der Waals surface area contributed by atoms with E-state index in [4.69, 9.17) is 4.98 Å². The van der Waals surface area contributed by atoms with Crippen LogP contribution in [0.15, 0.2) is 43.4 Å². The summed E-state index contributed by atoms with van der Waals surface area (Å²) < 4.78 is 4.04. The number of pyridine rings is 1. The molecule has 112 valence electrons. The van der Waals surface area contributed by atoms with Crippen molar-refractivity contribution in [3.63, 3.8) is 0 Å². The molecule has 1 aliphatic heterocycles. The van der Waals surface area contributed by atoms with Crippen LogP contribution in [0.3, 0.4) is 0 Å². The molecule has 3 aromatic rings. The number of nitrogens with zero attached hydrogens (tertiary/aromatic N) is 7. The minimum absolute atomic E-state index is 0.669. The lowest BCUT2D eigenvalue weighted by Crippen LogP contribution is -2.33. The van der Waals surface area contributed by atoms with Gasteiger partial charge in [-0.1, -0.05) is 6.07 Å². The molecule has 0 N–H and O–H groups in total. The molecule has 7 heteroatoms. The molecule has 1 aliphatic rings. The van der Waals surface area contributed by atoms with Gasteiger partial charge >= 0.3 is 0 Å². The second-order valence-electron chi connectivity index (χ2n) is 5.51. The summed E-state index contributed by atoms with van der Waals surface area (Å²) in [5.41, 5.74) is 2.27. The molecule has 0 unspecified atom stereocenters. The van der Waals surface area contributed by atoms with Gasteiger partial charge in [-0.2, -0.15) is 5.10 Å². The Labute approximate surface area is 128 Å². The van der Waals surface area contributed by atoms with Crippen LogP contribution in [0.25, 0.3) is 0 Å². The maximum Gasteiger partial charge on any atom is 0.137 e. The van der Waals surface area contributed by atoms with Gasteiger partial charge in [0.15, 0.2) is 0 Å². The second kappa shape index (κ2) is 5.69. The van der Waals surface area contributed by atoms with Gasteiger partial charge in [0.1, 0.15) is 18.5 Å². The SMILES string of the molecule is c1cncc(CN2CCn3cc(Cn4cncn4)nc3C2)c1. The average molecular weight is 295 g/mol. The highest BCUT2D eigenvalue weighted by molar-refractivity contribution is 5.10. The molecule has 3 aromatic heterocycles. The van der Waals surface area contributed by atoms with E-state index in [9.17, 15) is 0 Å². The van der Waals surface area contributed by atoms with Crippen molar-refractivity contribution in [1.29, 1.82) is 0 Å². The molecule has 0 atom stereocenters. The smallest absolute Gasteiger partial charge is 0.137 e. The van der Waals surface area contributed by atoms with Gasteiger partial charge in [-0.15, -0.1) is 0 Å². The summed E-state index contributed by atoms with van der Waals surface area (Å²) >= 11 is 0. The van der Waals surface area contributed by atoms with Gasteiger partial charge in [-0.05, 0) is 11.6 Å². The normalized spacial score (nSPS) is 14.9. The summed E-state index contributed by atoms with van der Waals surface area (Å²) in [5.74, 6) is 1.12. The Hall–Kier alpha value is -2.54. The van der Waals surface area contributed by atoms with E-state index in [1.165, 1.54) is 5.56 Å². The molecule has 0 bridgehead atoms. The molecular weight excluding hydrogens is 278 g/mol. The van der Waals surface area contributed by atoms with E-state index < -0.39 is 0 Å². The fraction of sp³-hybridized carbons (Fsp3) is 0.333. The van der Waals surface area contributed by atoms with Gasteiger partial charge in [-0.25, -0.2) is 14.6 Å². The first-order chi connectivity index (χ1) is 10.9. The predicted octanol–water partition coefficient (Wildman–Crippen LogP) is 0.934. The molecule has 0 saturated heterocycles. The van der Waals surface area contributed by atoms with Crippen LogP contribution < -0.4 is 0 Å². The molecule has 4 rings (SSSR count). The summed E-state index contributed by atoms with van der Waals surface area (Å²) in [6.07, 6.45) is 9.12. The average Bonchev–Trinajstić information content (AvgIpc) is 3.17. The lowest BCUT2D eigenvalue weighted by atomic mass is 10.2. The van der Waals surface area contributed by atoms with Gasteiger partial charge in [0, 0.05) is 38.2 Å². The van der Waals surface area contributed by atoms with Crippen LogP contribution in [-0.4, -0.2) is 40.7 Å². The van der Waals surface area contributed by atoms with E-state index in [1.807, 2.05) is 18.5 Å². The third-order valence-electron chi connectivity index (χ3n) is 3.85. The summed E-state index contributed by atoms with van der Waals surface area (Å²) in [7, 11) is 0.